The van der Waals surface area contributed by atoms with Crippen LogP contribution in [0.5, 0.6) is 0 Å². The molecular weight excluding hydrogens is 298 g/mol. The SMILES string of the molecule is O=S(=O)(c1nc2n(n1)[C@H](c1ccccc1)CC21CC1)C1CC1. The van der Waals surface area contributed by atoms with Gasteiger partial charge in [0.1, 0.15) is 5.82 Å². The Labute approximate surface area is 129 Å². The minimum atomic E-state index is -3.31. The molecule has 0 N–H and O–H groups in total. The number of nitrogens with zero attached hydrogens (tertiary/aromatic N) is 3. The molecule has 0 saturated heterocycles. The predicted octanol–water partition coefficient (Wildman–Crippen LogP) is 2.24. The highest BCUT2D eigenvalue weighted by Gasteiger charge is 2.56. The first-order valence-corrected chi connectivity index (χ1v) is 9.41. The Morgan fingerprint density at radius 1 is 1.14 bits per heavy atom. The molecule has 5 nitrogen and oxygen atoms in total. The molecule has 0 radical (unpaired) electrons. The van der Waals surface area contributed by atoms with E-state index < -0.39 is 9.84 Å². The third kappa shape index (κ3) is 1.67. The molecule has 2 aromatic rings. The normalized spacial score (nSPS) is 25.4. The van der Waals surface area contributed by atoms with Crippen LogP contribution in [0.2, 0.25) is 0 Å². The van der Waals surface area contributed by atoms with E-state index in [9.17, 15) is 8.42 Å². The summed E-state index contributed by atoms with van der Waals surface area (Å²) in [4.78, 5) is 4.48. The third-order valence-corrected chi connectivity index (χ3v) is 7.25. The van der Waals surface area contributed by atoms with Gasteiger partial charge in [0.25, 0.3) is 5.16 Å². The van der Waals surface area contributed by atoms with Crippen molar-refractivity contribution in [2.24, 2.45) is 0 Å². The van der Waals surface area contributed by atoms with Crippen molar-refractivity contribution in [3.63, 3.8) is 0 Å². The summed E-state index contributed by atoms with van der Waals surface area (Å²) in [7, 11) is -3.31. The summed E-state index contributed by atoms with van der Waals surface area (Å²) >= 11 is 0. The molecule has 2 fully saturated rings. The molecule has 6 heteroatoms. The van der Waals surface area contributed by atoms with Gasteiger partial charge in [-0.05, 0) is 37.7 Å². The van der Waals surface area contributed by atoms with Crippen LogP contribution in [0, 0.1) is 0 Å². The standard InChI is InChI=1S/C16H17N3O2S/c20-22(21,12-6-7-12)15-17-14-16(8-9-16)10-13(19(14)18-15)11-4-2-1-3-5-11/h1-5,12-13H,6-10H2/t13-/m0/s1. The summed E-state index contributed by atoms with van der Waals surface area (Å²) in [5.41, 5.74) is 1.26. The lowest BCUT2D eigenvalue weighted by atomic mass is 9.97. The second-order valence-corrected chi connectivity index (χ2v) is 8.94. The summed E-state index contributed by atoms with van der Waals surface area (Å²) in [5.74, 6) is 0.889. The fraction of sp³-hybridized carbons (Fsp3) is 0.500. The Morgan fingerprint density at radius 2 is 1.86 bits per heavy atom. The number of rotatable bonds is 3. The summed E-state index contributed by atoms with van der Waals surface area (Å²) in [6, 6.07) is 10.3. The maximum Gasteiger partial charge on any atom is 0.267 e. The highest BCUT2D eigenvalue weighted by atomic mass is 32.2. The topological polar surface area (TPSA) is 64.8 Å². The van der Waals surface area contributed by atoms with E-state index in [2.05, 4.69) is 22.2 Å². The van der Waals surface area contributed by atoms with Crippen LogP contribution in [0.15, 0.2) is 35.5 Å². The molecular formula is C16H17N3O2S. The number of benzene rings is 1. The first-order chi connectivity index (χ1) is 10.6. The van der Waals surface area contributed by atoms with Gasteiger partial charge in [0.2, 0.25) is 9.84 Å². The smallest absolute Gasteiger partial charge is 0.241 e. The van der Waals surface area contributed by atoms with E-state index in [0.717, 1.165) is 37.9 Å². The molecule has 2 aliphatic carbocycles. The Balaban J connectivity index is 1.63. The largest absolute Gasteiger partial charge is 0.267 e. The van der Waals surface area contributed by atoms with Crippen LogP contribution in [0.4, 0.5) is 0 Å². The summed E-state index contributed by atoms with van der Waals surface area (Å²) in [6.45, 7) is 0. The van der Waals surface area contributed by atoms with Crippen molar-refractivity contribution in [2.75, 3.05) is 0 Å². The van der Waals surface area contributed by atoms with Gasteiger partial charge in [-0.2, -0.15) is 0 Å². The van der Waals surface area contributed by atoms with E-state index in [4.69, 9.17) is 0 Å². The van der Waals surface area contributed by atoms with E-state index in [1.165, 1.54) is 5.56 Å². The Bertz CT molecular complexity index is 849. The van der Waals surface area contributed by atoms with Crippen molar-refractivity contribution in [3.8, 4) is 0 Å². The van der Waals surface area contributed by atoms with Gasteiger partial charge in [-0.25, -0.2) is 18.1 Å². The maximum atomic E-state index is 12.4. The molecule has 0 amide bonds. The quantitative estimate of drug-likeness (QED) is 0.871. The van der Waals surface area contributed by atoms with Gasteiger partial charge in [-0.1, -0.05) is 30.3 Å². The molecule has 2 heterocycles. The predicted molar refractivity (Wildman–Crippen MR) is 80.3 cm³/mol. The number of hydrogen-bond acceptors (Lipinski definition) is 4. The fourth-order valence-electron chi connectivity index (χ4n) is 3.59. The van der Waals surface area contributed by atoms with Crippen LogP contribution >= 0.6 is 0 Å². The van der Waals surface area contributed by atoms with Crippen molar-refractivity contribution in [3.05, 3.63) is 41.7 Å². The van der Waals surface area contributed by atoms with Gasteiger partial charge >= 0.3 is 0 Å². The molecule has 0 bridgehead atoms. The monoisotopic (exact) mass is 315 g/mol. The van der Waals surface area contributed by atoms with Gasteiger partial charge in [-0.15, -0.1) is 5.10 Å². The second-order valence-electron chi connectivity index (χ2n) is 6.82. The van der Waals surface area contributed by atoms with Crippen LogP contribution in [0.1, 0.15) is 49.5 Å². The zero-order valence-corrected chi connectivity index (χ0v) is 13.0. The van der Waals surface area contributed by atoms with Crippen LogP contribution in [-0.2, 0) is 15.3 Å². The molecule has 22 heavy (non-hydrogen) atoms. The number of fused-ring (bicyclic) bond motifs is 2. The van der Waals surface area contributed by atoms with Crippen molar-refractivity contribution in [1.29, 1.82) is 0 Å². The van der Waals surface area contributed by atoms with Crippen LogP contribution in [-0.4, -0.2) is 28.4 Å². The van der Waals surface area contributed by atoms with Gasteiger partial charge in [0.05, 0.1) is 11.3 Å². The fourth-order valence-corrected chi connectivity index (χ4v) is 5.06. The van der Waals surface area contributed by atoms with Gasteiger partial charge in [0.15, 0.2) is 0 Å². The lowest BCUT2D eigenvalue weighted by Crippen LogP contribution is -2.13. The van der Waals surface area contributed by atoms with Gasteiger partial charge in [-0.3, -0.25) is 0 Å². The zero-order valence-electron chi connectivity index (χ0n) is 12.1. The molecule has 0 unspecified atom stereocenters. The molecule has 1 atom stereocenters. The number of sulfone groups is 1. The van der Waals surface area contributed by atoms with Gasteiger partial charge in [0, 0.05) is 5.41 Å². The molecule has 5 rings (SSSR count). The number of aromatic nitrogens is 3. The first kappa shape index (κ1) is 12.8. The molecule has 2 saturated carbocycles. The summed E-state index contributed by atoms with van der Waals surface area (Å²) < 4.78 is 26.8. The highest BCUT2D eigenvalue weighted by molar-refractivity contribution is 7.92. The van der Waals surface area contributed by atoms with E-state index in [1.807, 2.05) is 22.9 Å². The average molecular weight is 315 g/mol. The number of hydrogen-bond donors (Lipinski definition) is 0. The van der Waals surface area contributed by atoms with E-state index in [1.54, 1.807) is 0 Å². The lowest BCUT2D eigenvalue weighted by Gasteiger charge is -2.12. The minimum Gasteiger partial charge on any atom is -0.241 e. The third-order valence-electron chi connectivity index (χ3n) is 5.22. The van der Waals surface area contributed by atoms with Gasteiger partial charge < -0.3 is 0 Å². The first-order valence-electron chi connectivity index (χ1n) is 7.86. The molecule has 1 aromatic carbocycles. The molecule has 114 valence electrons. The van der Waals surface area contributed by atoms with Crippen LogP contribution in [0.25, 0.3) is 0 Å². The average Bonchev–Trinajstić information content (AvgIpc) is 3.42. The van der Waals surface area contributed by atoms with E-state index >= 15 is 0 Å². The lowest BCUT2D eigenvalue weighted by molar-refractivity contribution is 0.513. The molecule has 1 aromatic heterocycles. The second kappa shape index (κ2) is 3.98. The molecule has 3 aliphatic rings. The van der Waals surface area contributed by atoms with Crippen molar-refractivity contribution in [2.45, 2.75) is 54.0 Å². The summed E-state index contributed by atoms with van der Waals surface area (Å²) in [6.07, 6.45) is 4.69. The minimum absolute atomic E-state index is 0.0527. The van der Waals surface area contributed by atoms with E-state index in [-0.39, 0.29) is 21.9 Å². The Hall–Kier alpha value is -1.69. The highest BCUT2D eigenvalue weighted by Crippen LogP contribution is 2.58. The van der Waals surface area contributed by atoms with Crippen molar-refractivity contribution in [1.82, 2.24) is 14.8 Å². The van der Waals surface area contributed by atoms with Crippen LogP contribution in [0.3, 0.4) is 0 Å². The maximum absolute atomic E-state index is 12.4. The van der Waals surface area contributed by atoms with Crippen molar-refractivity contribution < 1.29 is 8.42 Å². The van der Waals surface area contributed by atoms with Crippen molar-refractivity contribution >= 4 is 9.84 Å². The molecule has 1 spiro atoms. The summed E-state index contributed by atoms with van der Waals surface area (Å²) in [5, 5.41) is 4.24. The Kier molecular flexibility index (Phi) is 2.32. The van der Waals surface area contributed by atoms with Crippen LogP contribution < -0.4 is 0 Å². The Morgan fingerprint density at radius 3 is 2.50 bits per heavy atom. The molecule has 1 aliphatic heterocycles. The zero-order chi connectivity index (χ0) is 14.9. The van der Waals surface area contributed by atoms with E-state index in [0.29, 0.717) is 0 Å².